The van der Waals surface area contributed by atoms with E-state index < -0.39 is 5.91 Å². The molecule has 0 spiro atoms. The van der Waals surface area contributed by atoms with Crippen LogP contribution in [0.1, 0.15) is 11.5 Å². The quantitative estimate of drug-likeness (QED) is 0.764. The first kappa shape index (κ1) is 9.92. The second-order valence-corrected chi connectivity index (χ2v) is 3.62. The predicted octanol–water partition coefficient (Wildman–Crippen LogP) is 0.719. The van der Waals surface area contributed by atoms with Crippen LogP contribution in [0.2, 0.25) is 5.15 Å². The summed E-state index contributed by atoms with van der Waals surface area (Å²) in [6.07, 6.45) is 1.86. The van der Waals surface area contributed by atoms with Crippen LogP contribution in [0.15, 0.2) is 12.3 Å². The van der Waals surface area contributed by atoms with Gasteiger partial charge in [-0.15, -0.1) is 0 Å². The van der Waals surface area contributed by atoms with Gasteiger partial charge in [0.1, 0.15) is 16.6 Å². The summed E-state index contributed by atoms with van der Waals surface area (Å²) in [6, 6.07) is 1.64. The third-order valence-corrected chi connectivity index (χ3v) is 2.20. The molecule has 0 atom stereocenters. The van der Waals surface area contributed by atoms with Crippen LogP contribution in [0, 0.1) is 6.92 Å². The van der Waals surface area contributed by atoms with Crippen LogP contribution >= 0.6 is 11.6 Å². The number of aryl methyl sites for hydroxylation is 1. The van der Waals surface area contributed by atoms with Crippen LogP contribution in [0.3, 0.4) is 0 Å². The standard InChI is InChI=1S/C9H9ClN4O/c1-5-12-7(10)3-9-13-6(2-8(11)15)4-14(5)9/h3-4H,2H2,1H3,(H2,11,15). The molecule has 0 aliphatic heterocycles. The number of rotatable bonds is 2. The molecule has 0 unspecified atom stereocenters. The molecule has 0 saturated carbocycles. The molecule has 78 valence electrons. The Hall–Kier alpha value is -1.62. The monoisotopic (exact) mass is 224 g/mol. The average molecular weight is 225 g/mol. The number of halogens is 1. The van der Waals surface area contributed by atoms with Crippen LogP contribution < -0.4 is 5.73 Å². The highest BCUT2D eigenvalue weighted by molar-refractivity contribution is 6.29. The number of imidazole rings is 1. The van der Waals surface area contributed by atoms with Crippen LogP contribution in [-0.2, 0) is 11.2 Å². The van der Waals surface area contributed by atoms with Crippen LogP contribution in [0.4, 0.5) is 0 Å². The minimum atomic E-state index is -0.407. The summed E-state index contributed by atoms with van der Waals surface area (Å²) in [5.74, 6) is 0.316. The van der Waals surface area contributed by atoms with Crippen molar-refractivity contribution in [2.24, 2.45) is 5.73 Å². The third kappa shape index (κ3) is 1.92. The second-order valence-electron chi connectivity index (χ2n) is 3.23. The molecular weight excluding hydrogens is 216 g/mol. The van der Waals surface area contributed by atoms with Gasteiger partial charge in [0.25, 0.3) is 0 Å². The van der Waals surface area contributed by atoms with E-state index in [0.29, 0.717) is 16.5 Å². The maximum absolute atomic E-state index is 10.7. The van der Waals surface area contributed by atoms with Crippen molar-refractivity contribution in [2.75, 3.05) is 0 Å². The van der Waals surface area contributed by atoms with Gasteiger partial charge in [-0.1, -0.05) is 11.6 Å². The van der Waals surface area contributed by atoms with Crippen LogP contribution in [-0.4, -0.2) is 20.3 Å². The molecule has 5 nitrogen and oxygen atoms in total. The normalized spacial score (nSPS) is 10.8. The largest absolute Gasteiger partial charge is 0.369 e. The van der Waals surface area contributed by atoms with E-state index in [1.165, 1.54) is 0 Å². The van der Waals surface area contributed by atoms with Crippen molar-refractivity contribution >= 4 is 23.2 Å². The number of nitrogens with two attached hydrogens (primary N) is 1. The van der Waals surface area contributed by atoms with Gasteiger partial charge in [0.15, 0.2) is 0 Å². The first-order chi connectivity index (χ1) is 7.06. The number of primary amides is 1. The second kappa shape index (κ2) is 3.51. The predicted molar refractivity (Wildman–Crippen MR) is 55.6 cm³/mol. The van der Waals surface area contributed by atoms with Crippen molar-refractivity contribution in [1.82, 2.24) is 14.4 Å². The van der Waals surface area contributed by atoms with Crippen LogP contribution in [0.25, 0.3) is 5.65 Å². The molecule has 2 heterocycles. The van der Waals surface area contributed by atoms with Crippen LogP contribution in [0.5, 0.6) is 0 Å². The van der Waals surface area contributed by atoms with Gasteiger partial charge >= 0.3 is 0 Å². The number of hydrogen-bond acceptors (Lipinski definition) is 3. The molecule has 6 heteroatoms. The first-order valence-electron chi connectivity index (χ1n) is 4.35. The lowest BCUT2D eigenvalue weighted by molar-refractivity contribution is -0.117. The third-order valence-electron chi connectivity index (χ3n) is 2.00. The molecule has 0 saturated heterocycles. The maximum Gasteiger partial charge on any atom is 0.223 e. The molecule has 0 bridgehead atoms. The smallest absolute Gasteiger partial charge is 0.223 e. The van der Waals surface area contributed by atoms with Gasteiger partial charge in [-0.3, -0.25) is 9.20 Å². The average Bonchev–Trinajstić information content (AvgIpc) is 2.45. The molecule has 0 aliphatic carbocycles. The van der Waals surface area contributed by atoms with Crippen molar-refractivity contribution in [1.29, 1.82) is 0 Å². The van der Waals surface area contributed by atoms with Gasteiger partial charge in [0.05, 0.1) is 12.1 Å². The molecule has 2 rings (SSSR count). The fourth-order valence-electron chi connectivity index (χ4n) is 1.42. The summed E-state index contributed by atoms with van der Waals surface area (Å²) in [6.45, 7) is 1.81. The zero-order chi connectivity index (χ0) is 11.0. The number of hydrogen-bond donors (Lipinski definition) is 1. The minimum absolute atomic E-state index is 0.124. The molecule has 1 amide bonds. The van der Waals surface area contributed by atoms with Gasteiger partial charge in [0, 0.05) is 12.3 Å². The summed E-state index contributed by atoms with van der Waals surface area (Å²) in [5, 5.41) is 0.385. The fraction of sp³-hybridized carbons (Fsp3) is 0.222. The molecule has 15 heavy (non-hydrogen) atoms. The molecule has 2 N–H and O–H groups in total. The Morgan fingerprint density at radius 2 is 2.33 bits per heavy atom. The maximum atomic E-state index is 10.7. The number of amides is 1. The van der Waals surface area contributed by atoms with E-state index in [9.17, 15) is 4.79 Å². The zero-order valence-electron chi connectivity index (χ0n) is 8.07. The van der Waals surface area contributed by atoms with E-state index in [1.54, 1.807) is 16.7 Å². The van der Waals surface area contributed by atoms with Gasteiger partial charge < -0.3 is 5.73 Å². The summed E-state index contributed by atoms with van der Waals surface area (Å²) in [7, 11) is 0. The highest BCUT2D eigenvalue weighted by Crippen LogP contribution is 2.12. The number of fused-ring (bicyclic) bond motifs is 1. The summed E-state index contributed by atoms with van der Waals surface area (Å²) in [4.78, 5) is 19.0. The lowest BCUT2D eigenvalue weighted by atomic mass is 10.3. The lowest BCUT2D eigenvalue weighted by Crippen LogP contribution is -2.13. The van der Waals surface area contributed by atoms with Gasteiger partial charge in [-0.05, 0) is 6.92 Å². The van der Waals surface area contributed by atoms with E-state index in [0.717, 1.165) is 5.82 Å². The van der Waals surface area contributed by atoms with Crippen molar-refractivity contribution in [2.45, 2.75) is 13.3 Å². The Morgan fingerprint density at radius 1 is 1.60 bits per heavy atom. The molecular formula is C9H9ClN4O. The van der Waals surface area contributed by atoms with Gasteiger partial charge in [-0.25, -0.2) is 9.97 Å². The molecule has 0 radical (unpaired) electrons. The zero-order valence-corrected chi connectivity index (χ0v) is 8.82. The first-order valence-corrected chi connectivity index (χ1v) is 4.73. The van der Waals surface area contributed by atoms with E-state index >= 15 is 0 Å². The van der Waals surface area contributed by atoms with Crippen molar-refractivity contribution in [3.05, 3.63) is 28.9 Å². The Labute approximate surface area is 90.9 Å². The lowest BCUT2D eigenvalue weighted by Gasteiger charge is -1.97. The van der Waals surface area contributed by atoms with E-state index in [1.807, 2.05) is 6.92 Å². The van der Waals surface area contributed by atoms with Gasteiger partial charge in [0.2, 0.25) is 5.91 Å². The topological polar surface area (TPSA) is 73.3 Å². The molecule has 0 aliphatic rings. The number of nitrogens with zero attached hydrogens (tertiary/aromatic N) is 3. The highest BCUT2D eigenvalue weighted by atomic mass is 35.5. The molecule has 2 aromatic rings. The van der Waals surface area contributed by atoms with Crippen molar-refractivity contribution in [3.63, 3.8) is 0 Å². The van der Waals surface area contributed by atoms with E-state index in [4.69, 9.17) is 17.3 Å². The molecule has 0 aromatic carbocycles. The SMILES string of the molecule is Cc1nc(Cl)cc2nc(CC(N)=O)cn12. The molecule has 0 fully saturated rings. The number of aromatic nitrogens is 3. The summed E-state index contributed by atoms with van der Waals surface area (Å²) < 4.78 is 1.77. The van der Waals surface area contributed by atoms with Crippen molar-refractivity contribution < 1.29 is 4.79 Å². The molecule has 2 aromatic heterocycles. The number of carbonyl (C=O) groups is 1. The Morgan fingerprint density at radius 3 is 3.00 bits per heavy atom. The van der Waals surface area contributed by atoms with E-state index in [2.05, 4.69) is 9.97 Å². The minimum Gasteiger partial charge on any atom is -0.369 e. The number of carbonyl (C=O) groups excluding carboxylic acids is 1. The Balaban J connectivity index is 2.55. The fourth-order valence-corrected chi connectivity index (χ4v) is 1.64. The van der Waals surface area contributed by atoms with E-state index in [-0.39, 0.29) is 6.42 Å². The highest BCUT2D eigenvalue weighted by Gasteiger charge is 2.07. The Bertz CT molecular complexity index is 534. The van der Waals surface area contributed by atoms with Gasteiger partial charge in [-0.2, -0.15) is 0 Å². The van der Waals surface area contributed by atoms with Crippen molar-refractivity contribution in [3.8, 4) is 0 Å². The Kier molecular flexibility index (Phi) is 2.32. The summed E-state index contributed by atoms with van der Waals surface area (Å²) in [5.41, 5.74) is 6.37. The summed E-state index contributed by atoms with van der Waals surface area (Å²) >= 11 is 5.78.